The second-order valence-corrected chi connectivity index (χ2v) is 5.51. The van der Waals surface area contributed by atoms with Gasteiger partial charge in [-0.15, -0.1) is 0 Å². The van der Waals surface area contributed by atoms with Crippen molar-refractivity contribution in [3.05, 3.63) is 69.7 Å². The summed E-state index contributed by atoms with van der Waals surface area (Å²) in [6, 6.07) is 14.9. The van der Waals surface area contributed by atoms with E-state index in [1.165, 1.54) is 22.3 Å². The van der Waals surface area contributed by atoms with Crippen molar-refractivity contribution in [2.24, 2.45) is 0 Å². The number of benzene rings is 2. The lowest BCUT2D eigenvalue weighted by Crippen LogP contribution is -2.18. The number of hydrogen-bond acceptors (Lipinski definition) is 1. The van der Waals surface area contributed by atoms with Gasteiger partial charge in [-0.05, 0) is 55.2 Å². The van der Waals surface area contributed by atoms with E-state index in [4.69, 9.17) is 11.6 Å². The topological polar surface area (TPSA) is 12.0 Å². The third-order valence-electron chi connectivity index (χ3n) is 3.53. The molecule has 0 saturated heterocycles. The van der Waals surface area contributed by atoms with Gasteiger partial charge >= 0.3 is 0 Å². The van der Waals surface area contributed by atoms with E-state index in [1.54, 1.807) is 0 Å². The summed E-state index contributed by atoms with van der Waals surface area (Å²) in [6.07, 6.45) is 0. The fraction of sp³-hybridized carbons (Fsp3) is 0.294. The maximum Gasteiger partial charge on any atom is 0.0409 e. The van der Waals surface area contributed by atoms with Gasteiger partial charge in [-0.2, -0.15) is 0 Å². The Hall–Kier alpha value is -1.31. The van der Waals surface area contributed by atoms with Gasteiger partial charge in [0, 0.05) is 17.6 Å². The largest absolute Gasteiger partial charge is 0.306 e. The summed E-state index contributed by atoms with van der Waals surface area (Å²) in [5.41, 5.74) is 5.22. The van der Waals surface area contributed by atoms with Gasteiger partial charge in [0.15, 0.2) is 0 Å². The zero-order valence-corrected chi connectivity index (χ0v) is 12.5. The molecule has 2 aromatic rings. The van der Waals surface area contributed by atoms with Crippen molar-refractivity contribution >= 4 is 11.6 Å². The van der Waals surface area contributed by atoms with Crippen LogP contribution < -0.4 is 5.32 Å². The Labute approximate surface area is 120 Å². The molecule has 0 radical (unpaired) electrons. The number of hydrogen-bond donors (Lipinski definition) is 1. The number of halogens is 1. The van der Waals surface area contributed by atoms with Crippen LogP contribution >= 0.6 is 11.6 Å². The van der Waals surface area contributed by atoms with Gasteiger partial charge < -0.3 is 5.32 Å². The van der Waals surface area contributed by atoms with Gasteiger partial charge in [0.1, 0.15) is 0 Å². The molecule has 0 amide bonds. The molecule has 2 heteroatoms. The molecule has 0 unspecified atom stereocenters. The summed E-state index contributed by atoms with van der Waals surface area (Å²) in [5.74, 6) is 0. The lowest BCUT2D eigenvalue weighted by atomic mass is 10.1. The fourth-order valence-corrected chi connectivity index (χ4v) is 2.28. The van der Waals surface area contributed by atoms with Crippen LogP contribution in [-0.2, 0) is 6.54 Å². The van der Waals surface area contributed by atoms with Crippen LogP contribution in [0.1, 0.15) is 35.2 Å². The molecule has 1 nitrogen and oxygen atoms in total. The molecule has 0 fully saturated rings. The van der Waals surface area contributed by atoms with Crippen molar-refractivity contribution in [3.8, 4) is 0 Å². The molecule has 0 saturated carbocycles. The third kappa shape index (κ3) is 3.82. The molecule has 0 aliphatic rings. The molecule has 1 atom stereocenters. The smallest absolute Gasteiger partial charge is 0.0409 e. The van der Waals surface area contributed by atoms with E-state index >= 15 is 0 Å². The van der Waals surface area contributed by atoms with Gasteiger partial charge in [-0.3, -0.25) is 0 Å². The van der Waals surface area contributed by atoms with E-state index in [1.807, 2.05) is 18.2 Å². The molecule has 0 aromatic heterocycles. The molecule has 0 spiro atoms. The van der Waals surface area contributed by atoms with E-state index in [0.29, 0.717) is 6.04 Å². The third-order valence-corrected chi connectivity index (χ3v) is 3.77. The van der Waals surface area contributed by atoms with Crippen LogP contribution in [0.4, 0.5) is 0 Å². The summed E-state index contributed by atoms with van der Waals surface area (Å²) in [5, 5.41) is 4.32. The first-order valence-electron chi connectivity index (χ1n) is 6.61. The van der Waals surface area contributed by atoms with Gasteiger partial charge in [0.05, 0.1) is 0 Å². The Morgan fingerprint density at radius 2 is 1.84 bits per heavy atom. The molecule has 0 aliphatic carbocycles. The van der Waals surface area contributed by atoms with Crippen molar-refractivity contribution in [2.45, 2.75) is 33.4 Å². The molecule has 0 aliphatic heterocycles. The summed E-state index contributed by atoms with van der Waals surface area (Å²) in [6.45, 7) is 7.32. The molecule has 19 heavy (non-hydrogen) atoms. The molecule has 0 heterocycles. The standard InChI is InChI=1S/C17H20ClN/c1-12-7-8-15(9-13(12)2)11-19-14(3)16-5-4-6-17(18)10-16/h4-10,14,19H,11H2,1-3H3/t14-/m0/s1. The first kappa shape index (κ1) is 14.1. The Bertz CT molecular complexity index is 563. The van der Waals surface area contributed by atoms with Crippen molar-refractivity contribution in [1.82, 2.24) is 5.32 Å². The van der Waals surface area contributed by atoms with Crippen molar-refractivity contribution in [1.29, 1.82) is 0 Å². The number of nitrogens with one attached hydrogen (secondary N) is 1. The molecule has 2 rings (SSSR count). The second-order valence-electron chi connectivity index (χ2n) is 5.08. The monoisotopic (exact) mass is 273 g/mol. The molecule has 100 valence electrons. The minimum Gasteiger partial charge on any atom is -0.306 e. The van der Waals surface area contributed by atoms with Crippen LogP contribution in [0.5, 0.6) is 0 Å². The number of aryl methyl sites for hydroxylation is 2. The summed E-state index contributed by atoms with van der Waals surface area (Å²) < 4.78 is 0. The van der Waals surface area contributed by atoms with E-state index in [0.717, 1.165) is 11.6 Å². The lowest BCUT2D eigenvalue weighted by Gasteiger charge is -2.15. The van der Waals surface area contributed by atoms with Crippen molar-refractivity contribution in [3.63, 3.8) is 0 Å². The fourth-order valence-electron chi connectivity index (χ4n) is 2.08. The summed E-state index contributed by atoms with van der Waals surface area (Å²) >= 11 is 6.02. The second kappa shape index (κ2) is 6.23. The van der Waals surface area contributed by atoms with Gasteiger partial charge in [0.2, 0.25) is 0 Å². The first-order chi connectivity index (χ1) is 9.06. The van der Waals surface area contributed by atoms with Crippen molar-refractivity contribution in [2.75, 3.05) is 0 Å². The number of rotatable bonds is 4. The van der Waals surface area contributed by atoms with Crippen molar-refractivity contribution < 1.29 is 0 Å². The minimum atomic E-state index is 0.292. The zero-order valence-electron chi connectivity index (χ0n) is 11.7. The highest BCUT2D eigenvalue weighted by Gasteiger charge is 2.05. The van der Waals surface area contributed by atoms with Crippen LogP contribution in [0.2, 0.25) is 5.02 Å². The summed E-state index contributed by atoms with van der Waals surface area (Å²) in [7, 11) is 0. The maximum absolute atomic E-state index is 6.02. The quantitative estimate of drug-likeness (QED) is 0.843. The molecular formula is C17H20ClN. The lowest BCUT2D eigenvalue weighted by molar-refractivity contribution is 0.574. The van der Waals surface area contributed by atoms with Gasteiger partial charge in [-0.1, -0.05) is 41.9 Å². The maximum atomic E-state index is 6.02. The van der Waals surface area contributed by atoms with E-state index in [9.17, 15) is 0 Å². The van der Waals surface area contributed by atoms with E-state index in [-0.39, 0.29) is 0 Å². The zero-order chi connectivity index (χ0) is 13.8. The highest BCUT2D eigenvalue weighted by molar-refractivity contribution is 6.30. The minimum absolute atomic E-state index is 0.292. The SMILES string of the molecule is Cc1ccc(CN[C@@H](C)c2cccc(Cl)c2)cc1C. The predicted molar refractivity (Wildman–Crippen MR) is 82.6 cm³/mol. The van der Waals surface area contributed by atoms with E-state index < -0.39 is 0 Å². The molecule has 1 N–H and O–H groups in total. The van der Waals surface area contributed by atoms with E-state index in [2.05, 4.69) is 50.4 Å². The first-order valence-corrected chi connectivity index (χ1v) is 6.99. The Kier molecular flexibility index (Phi) is 4.62. The van der Waals surface area contributed by atoms with Crippen LogP contribution in [0, 0.1) is 13.8 Å². The Morgan fingerprint density at radius 3 is 2.53 bits per heavy atom. The Balaban J connectivity index is 2.00. The van der Waals surface area contributed by atoms with Gasteiger partial charge in [0.25, 0.3) is 0 Å². The Morgan fingerprint density at radius 1 is 1.05 bits per heavy atom. The summed E-state index contributed by atoms with van der Waals surface area (Å²) in [4.78, 5) is 0. The molecular weight excluding hydrogens is 254 g/mol. The normalized spacial score (nSPS) is 12.4. The molecule has 0 bridgehead atoms. The van der Waals surface area contributed by atoms with Crippen LogP contribution in [0.15, 0.2) is 42.5 Å². The highest BCUT2D eigenvalue weighted by Crippen LogP contribution is 2.18. The average molecular weight is 274 g/mol. The average Bonchev–Trinajstić information content (AvgIpc) is 2.40. The van der Waals surface area contributed by atoms with Gasteiger partial charge in [-0.25, -0.2) is 0 Å². The van der Waals surface area contributed by atoms with Crippen LogP contribution in [-0.4, -0.2) is 0 Å². The van der Waals surface area contributed by atoms with Crippen LogP contribution in [0.25, 0.3) is 0 Å². The predicted octanol–water partition coefficient (Wildman–Crippen LogP) is 4.81. The highest BCUT2D eigenvalue weighted by atomic mass is 35.5. The van der Waals surface area contributed by atoms with Crippen LogP contribution in [0.3, 0.4) is 0 Å². The molecule has 2 aromatic carbocycles.